The summed E-state index contributed by atoms with van der Waals surface area (Å²) < 4.78 is 28.0. The van der Waals surface area contributed by atoms with Crippen molar-refractivity contribution in [3.05, 3.63) is 22.9 Å². The Hall–Kier alpha value is -0.460. The Morgan fingerprint density at radius 2 is 2.05 bits per heavy atom. The highest BCUT2D eigenvalue weighted by molar-refractivity contribution is 9.10. The Morgan fingerprint density at radius 1 is 1.26 bits per heavy atom. The largest absolute Gasteiger partial charge is 0.262 e. The second kappa shape index (κ2) is 6.33. The Bertz CT molecular complexity index is 533. The summed E-state index contributed by atoms with van der Waals surface area (Å²) in [5, 5.41) is 0. The lowest BCUT2D eigenvalue weighted by molar-refractivity contribution is 0.484. The molecule has 6 heteroatoms. The van der Waals surface area contributed by atoms with E-state index in [2.05, 4.69) is 32.6 Å². The molecule has 1 aromatic rings. The summed E-state index contributed by atoms with van der Waals surface area (Å²) in [6.07, 6.45) is 8.16. The van der Waals surface area contributed by atoms with Crippen LogP contribution >= 0.6 is 15.9 Å². The molecule has 1 fully saturated rings. The Balaban J connectivity index is 2.08. The van der Waals surface area contributed by atoms with Crippen LogP contribution in [0.1, 0.15) is 39.0 Å². The molecule has 2 unspecified atom stereocenters. The molecule has 0 amide bonds. The molecule has 0 bridgehead atoms. The molecular weight excluding hydrogens is 328 g/mol. The van der Waals surface area contributed by atoms with Gasteiger partial charge in [-0.1, -0.05) is 19.8 Å². The number of hydrogen-bond donors (Lipinski definition) is 1. The Labute approximate surface area is 123 Å². The third-order valence-electron chi connectivity index (χ3n) is 3.57. The topological polar surface area (TPSA) is 59.1 Å². The molecule has 0 radical (unpaired) electrons. The average Bonchev–Trinajstić information content (AvgIpc) is 2.54. The molecule has 106 valence electrons. The average molecular weight is 347 g/mol. The minimum atomic E-state index is -3.46. The first-order chi connectivity index (χ1) is 8.97. The van der Waals surface area contributed by atoms with Gasteiger partial charge in [-0.3, -0.25) is 4.98 Å². The van der Waals surface area contributed by atoms with E-state index in [1.54, 1.807) is 12.3 Å². The maximum absolute atomic E-state index is 12.3. The van der Waals surface area contributed by atoms with Crippen LogP contribution in [0.15, 0.2) is 27.8 Å². The summed E-state index contributed by atoms with van der Waals surface area (Å²) in [6.45, 7) is 2.23. The number of nitrogens with zero attached hydrogens (tertiary/aromatic N) is 1. The van der Waals surface area contributed by atoms with Gasteiger partial charge in [0.2, 0.25) is 10.0 Å². The molecule has 1 heterocycles. The fourth-order valence-electron chi connectivity index (χ4n) is 2.43. The zero-order valence-corrected chi connectivity index (χ0v) is 13.4. The predicted octanol–water partition coefficient (Wildman–Crippen LogP) is 3.09. The van der Waals surface area contributed by atoms with Gasteiger partial charge in [-0.25, -0.2) is 13.1 Å². The van der Waals surface area contributed by atoms with Crippen LogP contribution < -0.4 is 4.72 Å². The molecule has 1 N–H and O–H groups in total. The summed E-state index contributed by atoms with van der Waals surface area (Å²) in [6, 6.07) is 1.63. The lowest BCUT2D eigenvalue weighted by Gasteiger charge is -2.16. The molecule has 2 atom stereocenters. The number of sulfonamides is 1. The standard InChI is InChI=1S/C13H19BrN2O2S/c1-10-3-2-4-12(6-5-10)16-19(17,18)13-7-11(14)8-15-9-13/h7-10,12,16H,2-6H2,1H3. The molecule has 1 aliphatic carbocycles. The third-order valence-corrected chi connectivity index (χ3v) is 5.49. The summed E-state index contributed by atoms with van der Waals surface area (Å²) in [5.41, 5.74) is 0. The molecular formula is C13H19BrN2O2S. The van der Waals surface area contributed by atoms with Crippen LogP contribution in [0.25, 0.3) is 0 Å². The van der Waals surface area contributed by atoms with E-state index in [4.69, 9.17) is 0 Å². The van der Waals surface area contributed by atoms with E-state index < -0.39 is 10.0 Å². The van der Waals surface area contributed by atoms with Crippen molar-refractivity contribution in [3.8, 4) is 0 Å². The van der Waals surface area contributed by atoms with Crippen LogP contribution in [-0.2, 0) is 10.0 Å². The maximum Gasteiger partial charge on any atom is 0.242 e. The normalized spacial score (nSPS) is 24.9. The SMILES string of the molecule is CC1CCCC(NS(=O)(=O)c2cncc(Br)c2)CC1. The number of aromatic nitrogens is 1. The van der Waals surface area contributed by atoms with Crippen LogP contribution in [-0.4, -0.2) is 19.4 Å². The first-order valence-corrected chi connectivity index (χ1v) is 8.88. The molecule has 4 nitrogen and oxygen atoms in total. The van der Waals surface area contributed by atoms with Crippen LogP contribution in [0.2, 0.25) is 0 Å². The van der Waals surface area contributed by atoms with Crippen molar-refractivity contribution in [1.82, 2.24) is 9.71 Å². The molecule has 0 saturated heterocycles. The highest BCUT2D eigenvalue weighted by Crippen LogP contribution is 2.24. The number of halogens is 1. The highest BCUT2D eigenvalue weighted by atomic mass is 79.9. The zero-order valence-electron chi connectivity index (χ0n) is 11.0. The first-order valence-electron chi connectivity index (χ1n) is 6.60. The number of rotatable bonds is 3. The monoisotopic (exact) mass is 346 g/mol. The maximum atomic E-state index is 12.3. The lowest BCUT2D eigenvalue weighted by Crippen LogP contribution is -2.34. The van der Waals surface area contributed by atoms with Gasteiger partial charge in [0.15, 0.2) is 0 Å². The second-order valence-electron chi connectivity index (χ2n) is 5.27. The fourth-order valence-corrected chi connectivity index (χ4v) is 4.24. The highest BCUT2D eigenvalue weighted by Gasteiger charge is 2.23. The van der Waals surface area contributed by atoms with Crippen LogP contribution in [0.4, 0.5) is 0 Å². The van der Waals surface area contributed by atoms with Gasteiger partial charge in [-0.15, -0.1) is 0 Å². The Kier molecular flexibility index (Phi) is 4.97. The quantitative estimate of drug-likeness (QED) is 0.855. The minimum Gasteiger partial charge on any atom is -0.262 e. The van der Waals surface area contributed by atoms with Crippen molar-refractivity contribution in [3.63, 3.8) is 0 Å². The van der Waals surface area contributed by atoms with Gasteiger partial charge in [0, 0.05) is 22.9 Å². The van der Waals surface area contributed by atoms with E-state index in [0.717, 1.165) is 25.7 Å². The van der Waals surface area contributed by atoms with E-state index >= 15 is 0 Å². The summed E-state index contributed by atoms with van der Waals surface area (Å²) in [4.78, 5) is 4.13. The van der Waals surface area contributed by atoms with Gasteiger partial charge in [0.05, 0.1) is 0 Å². The van der Waals surface area contributed by atoms with Crippen molar-refractivity contribution in [2.45, 2.75) is 50.0 Å². The summed E-state index contributed by atoms with van der Waals surface area (Å²) in [7, 11) is -3.46. The van der Waals surface area contributed by atoms with Crippen molar-refractivity contribution >= 4 is 26.0 Å². The summed E-state index contributed by atoms with van der Waals surface area (Å²) in [5.74, 6) is 0.696. The minimum absolute atomic E-state index is 0.0499. The van der Waals surface area contributed by atoms with E-state index in [1.807, 2.05) is 0 Å². The molecule has 1 saturated carbocycles. The summed E-state index contributed by atoms with van der Waals surface area (Å²) >= 11 is 3.25. The van der Waals surface area contributed by atoms with Crippen molar-refractivity contribution < 1.29 is 8.42 Å². The zero-order chi connectivity index (χ0) is 13.9. The van der Waals surface area contributed by atoms with Gasteiger partial charge >= 0.3 is 0 Å². The molecule has 19 heavy (non-hydrogen) atoms. The first kappa shape index (κ1) is 14.9. The lowest BCUT2D eigenvalue weighted by atomic mass is 10.0. The van der Waals surface area contributed by atoms with Crippen LogP contribution in [0.3, 0.4) is 0 Å². The number of hydrogen-bond acceptors (Lipinski definition) is 3. The molecule has 1 aromatic heterocycles. The van der Waals surface area contributed by atoms with E-state index in [-0.39, 0.29) is 10.9 Å². The van der Waals surface area contributed by atoms with Crippen molar-refractivity contribution in [2.75, 3.05) is 0 Å². The molecule has 0 aliphatic heterocycles. The molecule has 1 aliphatic rings. The van der Waals surface area contributed by atoms with Gasteiger partial charge < -0.3 is 0 Å². The molecule has 0 spiro atoms. The van der Waals surface area contributed by atoms with Crippen molar-refractivity contribution in [1.29, 1.82) is 0 Å². The van der Waals surface area contributed by atoms with E-state index in [1.165, 1.54) is 12.6 Å². The van der Waals surface area contributed by atoms with Crippen LogP contribution in [0.5, 0.6) is 0 Å². The fraction of sp³-hybridized carbons (Fsp3) is 0.615. The van der Waals surface area contributed by atoms with E-state index in [9.17, 15) is 8.42 Å². The van der Waals surface area contributed by atoms with Gasteiger partial charge in [0.25, 0.3) is 0 Å². The predicted molar refractivity (Wildman–Crippen MR) is 78.3 cm³/mol. The second-order valence-corrected chi connectivity index (χ2v) is 7.90. The number of pyridine rings is 1. The van der Waals surface area contributed by atoms with E-state index in [0.29, 0.717) is 10.4 Å². The van der Waals surface area contributed by atoms with Gasteiger partial charge in [-0.05, 0) is 47.2 Å². The van der Waals surface area contributed by atoms with Gasteiger partial charge in [0.1, 0.15) is 4.90 Å². The van der Waals surface area contributed by atoms with Crippen molar-refractivity contribution in [2.24, 2.45) is 5.92 Å². The van der Waals surface area contributed by atoms with Crippen LogP contribution in [0, 0.1) is 5.92 Å². The Morgan fingerprint density at radius 3 is 2.79 bits per heavy atom. The smallest absolute Gasteiger partial charge is 0.242 e. The molecule has 0 aromatic carbocycles. The molecule has 2 rings (SSSR count). The third kappa shape index (κ3) is 4.26. The van der Waals surface area contributed by atoms with Gasteiger partial charge in [-0.2, -0.15) is 0 Å². The number of nitrogens with one attached hydrogen (secondary N) is 1.